The van der Waals surface area contributed by atoms with Crippen LogP contribution < -0.4 is 5.32 Å². The molecule has 4 heteroatoms. The molecule has 0 radical (unpaired) electrons. The summed E-state index contributed by atoms with van der Waals surface area (Å²) in [6.45, 7) is 8.52. The second-order valence-electron chi connectivity index (χ2n) is 5.49. The molecule has 0 aliphatic heterocycles. The first-order valence-electron chi connectivity index (χ1n) is 7.26. The van der Waals surface area contributed by atoms with Crippen molar-refractivity contribution in [3.8, 4) is 0 Å². The molecule has 0 fully saturated rings. The molecule has 0 amide bonds. The first-order chi connectivity index (χ1) is 10.0. The fourth-order valence-electron chi connectivity index (χ4n) is 2.37. The molecule has 0 saturated heterocycles. The molecule has 1 aromatic carbocycles. The van der Waals surface area contributed by atoms with E-state index in [9.17, 15) is 0 Å². The Balaban J connectivity index is 2.17. The van der Waals surface area contributed by atoms with Gasteiger partial charge >= 0.3 is 0 Å². The highest BCUT2D eigenvalue weighted by Crippen LogP contribution is 2.27. The lowest BCUT2D eigenvalue weighted by Crippen LogP contribution is -2.08. The fourth-order valence-corrected chi connectivity index (χ4v) is 3.12. The van der Waals surface area contributed by atoms with Crippen LogP contribution in [0, 0.1) is 13.8 Å². The summed E-state index contributed by atoms with van der Waals surface area (Å²) in [5.41, 5.74) is 3.57. The van der Waals surface area contributed by atoms with Gasteiger partial charge in [-0.25, -0.2) is 9.97 Å². The lowest BCUT2D eigenvalue weighted by molar-refractivity contribution is 0.821. The number of nitrogens with zero attached hydrogens (tertiary/aromatic N) is 2. The Morgan fingerprint density at radius 2 is 1.76 bits per heavy atom. The second kappa shape index (κ2) is 6.94. The highest BCUT2D eigenvalue weighted by molar-refractivity contribution is 7.98. The summed E-state index contributed by atoms with van der Waals surface area (Å²) in [4.78, 5) is 10.6. The second-order valence-corrected chi connectivity index (χ2v) is 6.54. The summed E-state index contributed by atoms with van der Waals surface area (Å²) in [6, 6.07) is 8.56. The predicted octanol–water partition coefficient (Wildman–Crippen LogP) is 4.55. The van der Waals surface area contributed by atoms with Crippen LogP contribution in [0.3, 0.4) is 0 Å². The molecular weight excluding hydrogens is 278 g/mol. The molecular formula is C17H23N3S. The molecule has 2 rings (SSSR count). The lowest BCUT2D eigenvalue weighted by Gasteiger charge is -2.15. The van der Waals surface area contributed by atoms with E-state index in [-0.39, 0.29) is 0 Å². The van der Waals surface area contributed by atoms with Gasteiger partial charge in [-0.1, -0.05) is 31.5 Å². The molecule has 112 valence electrons. The maximum Gasteiger partial charge on any atom is 0.141 e. The van der Waals surface area contributed by atoms with Crippen LogP contribution in [-0.4, -0.2) is 17.0 Å². The Morgan fingerprint density at radius 1 is 1.10 bits per heavy atom. The van der Waals surface area contributed by atoms with Crippen molar-refractivity contribution in [2.45, 2.75) is 44.3 Å². The Morgan fingerprint density at radius 3 is 2.33 bits per heavy atom. The highest BCUT2D eigenvalue weighted by atomic mass is 32.2. The molecule has 1 heterocycles. The normalized spacial score (nSPS) is 11.0. The smallest absolute Gasteiger partial charge is 0.141 e. The first kappa shape index (κ1) is 15.8. The molecule has 0 saturated carbocycles. The maximum atomic E-state index is 4.66. The molecule has 2 aromatic rings. The van der Waals surface area contributed by atoms with Crippen LogP contribution >= 0.6 is 11.8 Å². The molecule has 1 N–H and O–H groups in total. The van der Waals surface area contributed by atoms with Gasteiger partial charge in [0.1, 0.15) is 11.6 Å². The van der Waals surface area contributed by atoms with Crippen LogP contribution in [0.4, 0.5) is 5.82 Å². The fraction of sp³-hybridized carbons (Fsp3) is 0.412. The third kappa shape index (κ3) is 3.97. The average Bonchev–Trinajstić information content (AvgIpc) is 2.45. The maximum absolute atomic E-state index is 4.66. The Hall–Kier alpha value is -1.55. The zero-order valence-corrected chi connectivity index (χ0v) is 14.2. The van der Waals surface area contributed by atoms with Gasteiger partial charge in [0.25, 0.3) is 0 Å². The predicted molar refractivity (Wildman–Crippen MR) is 91.1 cm³/mol. The summed E-state index contributed by atoms with van der Waals surface area (Å²) in [7, 11) is 1.92. The van der Waals surface area contributed by atoms with Gasteiger partial charge in [-0.05, 0) is 31.9 Å². The average molecular weight is 301 g/mol. The lowest BCUT2D eigenvalue weighted by atomic mass is 10.0. The minimum absolute atomic E-state index is 0.422. The summed E-state index contributed by atoms with van der Waals surface area (Å²) < 4.78 is 0. The quantitative estimate of drug-likeness (QED) is 0.822. The molecule has 0 aliphatic rings. The van der Waals surface area contributed by atoms with Crippen molar-refractivity contribution in [1.82, 2.24) is 9.97 Å². The summed E-state index contributed by atoms with van der Waals surface area (Å²) >= 11 is 1.77. The number of benzene rings is 1. The van der Waals surface area contributed by atoms with Gasteiger partial charge in [-0.3, -0.25) is 0 Å². The number of aromatic nitrogens is 2. The minimum Gasteiger partial charge on any atom is -0.373 e. The largest absolute Gasteiger partial charge is 0.373 e. The molecule has 0 bridgehead atoms. The number of hydrogen-bond donors (Lipinski definition) is 1. The molecule has 0 spiro atoms. The van der Waals surface area contributed by atoms with Crippen molar-refractivity contribution < 1.29 is 0 Å². The SMILES string of the molecule is CNc1nc(CSc2ccc(C)cc2)nc(C)c1C(C)C. The summed E-state index contributed by atoms with van der Waals surface area (Å²) in [5.74, 6) is 3.05. The Kier molecular flexibility index (Phi) is 5.23. The van der Waals surface area contributed by atoms with Crippen LogP contribution in [0.15, 0.2) is 29.2 Å². The van der Waals surface area contributed by atoms with Gasteiger partial charge in [0, 0.05) is 23.2 Å². The van der Waals surface area contributed by atoms with Crippen molar-refractivity contribution in [1.29, 1.82) is 0 Å². The molecule has 21 heavy (non-hydrogen) atoms. The third-order valence-corrected chi connectivity index (χ3v) is 4.39. The van der Waals surface area contributed by atoms with Gasteiger partial charge in [0.15, 0.2) is 0 Å². The minimum atomic E-state index is 0.422. The van der Waals surface area contributed by atoms with Gasteiger partial charge in [0.05, 0.1) is 5.75 Å². The number of thioether (sulfide) groups is 1. The van der Waals surface area contributed by atoms with Gasteiger partial charge < -0.3 is 5.32 Å². The molecule has 1 aromatic heterocycles. The molecule has 0 aliphatic carbocycles. The van der Waals surface area contributed by atoms with Crippen LogP contribution in [0.25, 0.3) is 0 Å². The molecule has 0 atom stereocenters. The van der Waals surface area contributed by atoms with Crippen LogP contribution in [0.5, 0.6) is 0 Å². The standard InChI is InChI=1S/C17H23N3S/c1-11(2)16-13(4)19-15(20-17(16)18-5)10-21-14-8-6-12(3)7-9-14/h6-9,11H,10H2,1-5H3,(H,18,19,20). The van der Waals surface area contributed by atoms with Gasteiger partial charge in [0.2, 0.25) is 0 Å². The van der Waals surface area contributed by atoms with Crippen LogP contribution in [-0.2, 0) is 5.75 Å². The van der Waals surface area contributed by atoms with E-state index in [0.717, 1.165) is 23.1 Å². The first-order valence-corrected chi connectivity index (χ1v) is 8.24. The van der Waals surface area contributed by atoms with Crippen LogP contribution in [0.1, 0.15) is 42.4 Å². The van der Waals surface area contributed by atoms with E-state index >= 15 is 0 Å². The Bertz CT molecular complexity index is 606. The summed E-state index contributed by atoms with van der Waals surface area (Å²) in [6.07, 6.45) is 0. The van der Waals surface area contributed by atoms with E-state index in [0.29, 0.717) is 5.92 Å². The highest BCUT2D eigenvalue weighted by Gasteiger charge is 2.13. The van der Waals surface area contributed by atoms with Crippen LogP contribution in [0.2, 0.25) is 0 Å². The van der Waals surface area contributed by atoms with Gasteiger partial charge in [-0.2, -0.15) is 0 Å². The van der Waals surface area contributed by atoms with Crippen molar-refractivity contribution in [2.75, 3.05) is 12.4 Å². The topological polar surface area (TPSA) is 37.8 Å². The monoisotopic (exact) mass is 301 g/mol. The van der Waals surface area contributed by atoms with E-state index in [1.54, 1.807) is 11.8 Å². The third-order valence-electron chi connectivity index (χ3n) is 3.39. The van der Waals surface area contributed by atoms with E-state index in [2.05, 4.69) is 67.2 Å². The van der Waals surface area contributed by atoms with Crippen molar-refractivity contribution in [2.24, 2.45) is 0 Å². The summed E-state index contributed by atoms with van der Waals surface area (Å²) in [5, 5.41) is 3.20. The molecule has 0 unspecified atom stereocenters. The number of hydrogen-bond acceptors (Lipinski definition) is 4. The van der Waals surface area contributed by atoms with Crippen molar-refractivity contribution in [3.05, 3.63) is 46.9 Å². The number of nitrogens with one attached hydrogen (secondary N) is 1. The van der Waals surface area contributed by atoms with E-state index < -0.39 is 0 Å². The number of anilines is 1. The van der Waals surface area contributed by atoms with Crippen molar-refractivity contribution in [3.63, 3.8) is 0 Å². The zero-order valence-electron chi connectivity index (χ0n) is 13.4. The van der Waals surface area contributed by atoms with Gasteiger partial charge in [-0.15, -0.1) is 11.8 Å². The van der Waals surface area contributed by atoms with E-state index in [4.69, 9.17) is 0 Å². The molecule has 3 nitrogen and oxygen atoms in total. The van der Waals surface area contributed by atoms with E-state index in [1.807, 2.05) is 7.05 Å². The number of rotatable bonds is 5. The Labute approximate surface area is 131 Å². The van der Waals surface area contributed by atoms with E-state index in [1.165, 1.54) is 16.0 Å². The van der Waals surface area contributed by atoms with Crippen molar-refractivity contribution >= 4 is 17.6 Å². The number of aryl methyl sites for hydroxylation is 2. The zero-order chi connectivity index (χ0) is 15.4.